The first kappa shape index (κ1) is 24.2. The van der Waals surface area contributed by atoms with E-state index in [1.54, 1.807) is 11.3 Å². The molecule has 1 atom stereocenters. The van der Waals surface area contributed by atoms with Crippen LogP contribution >= 0.6 is 11.3 Å². The minimum atomic E-state index is -0.686. The van der Waals surface area contributed by atoms with Gasteiger partial charge in [0.15, 0.2) is 0 Å². The molecular formula is C28H32N2O3S. The zero-order valence-corrected chi connectivity index (χ0v) is 20.9. The molecule has 0 amide bonds. The molecule has 34 heavy (non-hydrogen) atoms. The molecule has 3 aromatic rings. The largest absolute Gasteiger partial charge is 0.481 e. The van der Waals surface area contributed by atoms with Crippen LogP contribution in [0.15, 0.2) is 58.4 Å². The summed E-state index contributed by atoms with van der Waals surface area (Å²) >= 11 is 1.71. The molecule has 178 valence electrons. The molecule has 1 aromatic heterocycles. The molecule has 1 aliphatic rings. The van der Waals surface area contributed by atoms with E-state index in [2.05, 4.69) is 77.1 Å². The number of aliphatic carboxylic acids is 1. The van der Waals surface area contributed by atoms with Crippen molar-refractivity contribution in [1.82, 2.24) is 4.90 Å². The molecular weight excluding hydrogens is 444 g/mol. The van der Waals surface area contributed by atoms with Gasteiger partial charge in [0.05, 0.1) is 11.6 Å². The van der Waals surface area contributed by atoms with Crippen molar-refractivity contribution in [1.29, 1.82) is 0 Å². The minimum Gasteiger partial charge on any atom is -0.481 e. The molecule has 0 aliphatic carbocycles. The third-order valence-electron chi connectivity index (χ3n) is 6.58. The first-order valence-corrected chi connectivity index (χ1v) is 12.7. The van der Waals surface area contributed by atoms with Gasteiger partial charge in [-0.25, -0.2) is 0 Å². The molecule has 2 aromatic carbocycles. The van der Waals surface area contributed by atoms with Gasteiger partial charge in [-0.05, 0) is 95.1 Å². The zero-order valence-electron chi connectivity index (χ0n) is 20.1. The van der Waals surface area contributed by atoms with Gasteiger partial charge >= 0.3 is 5.97 Å². The number of carboxylic acid groups (broad SMARTS) is 1. The Morgan fingerprint density at radius 1 is 1.21 bits per heavy atom. The van der Waals surface area contributed by atoms with E-state index < -0.39 is 5.97 Å². The van der Waals surface area contributed by atoms with Crippen LogP contribution in [-0.4, -0.2) is 34.8 Å². The fourth-order valence-electron chi connectivity index (χ4n) is 4.57. The van der Waals surface area contributed by atoms with Crippen molar-refractivity contribution in [3.05, 3.63) is 81.0 Å². The van der Waals surface area contributed by atoms with Gasteiger partial charge in [0, 0.05) is 13.1 Å². The van der Waals surface area contributed by atoms with Crippen LogP contribution in [-0.2, 0) is 29.2 Å². The van der Waals surface area contributed by atoms with Gasteiger partial charge in [-0.1, -0.05) is 42.4 Å². The van der Waals surface area contributed by atoms with Crippen molar-refractivity contribution >= 4 is 23.0 Å². The van der Waals surface area contributed by atoms with E-state index in [4.69, 9.17) is 4.84 Å². The quantitative estimate of drug-likeness (QED) is 0.298. The number of carbonyl (C=O) groups is 1. The normalized spacial score (nSPS) is 16.7. The Kier molecular flexibility index (Phi) is 7.80. The van der Waals surface area contributed by atoms with Crippen molar-refractivity contribution in [2.75, 3.05) is 13.1 Å². The van der Waals surface area contributed by atoms with Crippen LogP contribution < -0.4 is 0 Å². The molecule has 6 heteroatoms. The van der Waals surface area contributed by atoms with Gasteiger partial charge in [0.1, 0.15) is 6.61 Å². The summed E-state index contributed by atoms with van der Waals surface area (Å²) in [5.41, 5.74) is 9.26. The number of hydrogen-bond acceptors (Lipinski definition) is 5. The summed E-state index contributed by atoms with van der Waals surface area (Å²) in [4.78, 5) is 19.2. The first-order valence-electron chi connectivity index (χ1n) is 11.8. The topological polar surface area (TPSA) is 62.1 Å². The molecule has 2 heterocycles. The summed E-state index contributed by atoms with van der Waals surface area (Å²) in [5, 5.41) is 17.9. The average Bonchev–Trinajstić information content (AvgIpc) is 3.52. The van der Waals surface area contributed by atoms with E-state index in [-0.39, 0.29) is 5.92 Å². The molecule has 0 bridgehead atoms. The van der Waals surface area contributed by atoms with Crippen molar-refractivity contribution in [3.63, 3.8) is 0 Å². The van der Waals surface area contributed by atoms with Crippen molar-refractivity contribution in [2.24, 2.45) is 11.1 Å². The third-order valence-corrected chi connectivity index (χ3v) is 7.26. The lowest BCUT2D eigenvalue weighted by Gasteiger charge is -2.18. The van der Waals surface area contributed by atoms with Gasteiger partial charge in [-0.3, -0.25) is 9.69 Å². The highest BCUT2D eigenvalue weighted by molar-refractivity contribution is 7.08. The maximum Gasteiger partial charge on any atom is 0.307 e. The fraction of sp³-hybridized carbons (Fsp3) is 0.357. The number of thiophene rings is 1. The number of oxime groups is 1. The van der Waals surface area contributed by atoms with Gasteiger partial charge in [-0.15, -0.1) is 0 Å². The number of likely N-dealkylation sites (tertiary alicyclic amines) is 1. The predicted molar refractivity (Wildman–Crippen MR) is 138 cm³/mol. The Balaban J connectivity index is 1.37. The molecule has 0 spiro atoms. The molecule has 5 nitrogen and oxygen atoms in total. The van der Waals surface area contributed by atoms with Crippen LogP contribution in [0.4, 0.5) is 0 Å². The van der Waals surface area contributed by atoms with Gasteiger partial charge < -0.3 is 9.94 Å². The second-order valence-corrected chi connectivity index (χ2v) is 9.79. The first-order chi connectivity index (χ1) is 16.4. The number of benzene rings is 2. The second-order valence-electron chi connectivity index (χ2n) is 9.01. The van der Waals surface area contributed by atoms with E-state index in [0.29, 0.717) is 13.2 Å². The van der Waals surface area contributed by atoms with Crippen LogP contribution in [0.25, 0.3) is 11.1 Å². The van der Waals surface area contributed by atoms with E-state index in [1.807, 2.05) is 6.92 Å². The minimum absolute atomic E-state index is 0.244. The maximum absolute atomic E-state index is 11.2. The summed E-state index contributed by atoms with van der Waals surface area (Å²) in [6.45, 7) is 8.94. The standard InChI is InChI=1S/C28H32N2O3S/c1-4-22-14-23(6-7-24(22)15-30-11-9-25(16-30)28(31)32)20(3)29-33-17-21-5-8-27(19(2)13-21)26-10-12-34-18-26/h5-8,10,12-14,18,25H,4,9,11,15-17H2,1-3H3,(H,31,32)/b29-20+/t25-/m0/s1. The lowest BCUT2D eigenvalue weighted by Crippen LogP contribution is -2.23. The van der Waals surface area contributed by atoms with E-state index in [9.17, 15) is 9.90 Å². The molecule has 1 saturated heterocycles. The van der Waals surface area contributed by atoms with Crippen LogP contribution in [0.3, 0.4) is 0 Å². The molecule has 1 fully saturated rings. The van der Waals surface area contributed by atoms with Crippen LogP contribution in [0.2, 0.25) is 0 Å². The zero-order chi connectivity index (χ0) is 24.1. The molecule has 1 N–H and O–H groups in total. The monoisotopic (exact) mass is 476 g/mol. The molecule has 1 aliphatic heterocycles. The van der Waals surface area contributed by atoms with Crippen molar-refractivity contribution in [3.8, 4) is 11.1 Å². The SMILES string of the molecule is CCc1cc(/C(C)=N/OCc2ccc(-c3ccsc3)c(C)c2)ccc1CN1CC[C@H](C(=O)O)C1. The predicted octanol–water partition coefficient (Wildman–Crippen LogP) is 6.13. The number of aryl methyl sites for hydroxylation is 2. The summed E-state index contributed by atoms with van der Waals surface area (Å²) in [5.74, 6) is -0.930. The van der Waals surface area contributed by atoms with Crippen LogP contribution in [0.1, 0.15) is 48.1 Å². The summed E-state index contributed by atoms with van der Waals surface area (Å²) in [6.07, 6.45) is 1.65. The lowest BCUT2D eigenvalue weighted by molar-refractivity contribution is -0.141. The molecule has 0 unspecified atom stereocenters. The maximum atomic E-state index is 11.2. The second kappa shape index (κ2) is 11.0. The lowest BCUT2D eigenvalue weighted by atomic mass is 9.99. The van der Waals surface area contributed by atoms with E-state index >= 15 is 0 Å². The highest BCUT2D eigenvalue weighted by atomic mass is 32.1. The number of hydrogen-bond donors (Lipinski definition) is 1. The molecule has 0 radical (unpaired) electrons. The molecule has 4 rings (SSSR count). The Morgan fingerprint density at radius 3 is 2.74 bits per heavy atom. The fourth-order valence-corrected chi connectivity index (χ4v) is 5.22. The Labute approximate surface area is 205 Å². The van der Waals surface area contributed by atoms with E-state index in [0.717, 1.165) is 42.8 Å². The summed E-state index contributed by atoms with van der Waals surface area (Å²) < 4.78 is 0. The summed E-state index contributed by atoms with van der Waals surface area (Å²) in [6, 6.07) is 15.0. The van der Waals surface area contributed by atoms with Crippen LogP contribution in [0, 0.1) is 12.8 Å². The van der Waals surface area contributed by atoms with Gasteiger partial charge in [0.25, 0.3) is 0 Å². The Morgan fingerprint density at radius 2 is 2.06 bits per heavy atom. The van der Waals surface area contributed by atoms with Crippen LogP contribution in [0.5, 0.6) is 0 Å². The Hall–Kier alpha value is -2.96. The molecule has 0 saturated carbocycles. The van der Waals surface area contributed by atoms with Crippen molar-refractivity contribution in [2.45, 2.75) is 46.8 Å². The number of rotatable bonds is 9. The third kappa shape index (κ3) is 5.75. The van der Waals surface area contributed by atoms with Gasteiger partial charge in [-0.2, -0.15) is 11.3 Å². The smallest absolute Gasteiger partial charge is 0.307 e. The Bertz CT molecular complexity index is 1170. The number of carboxylic acids is 1. The van der Waals surface area contributed by atoms with Gasteiger partial charge in [0.2, 0.25) is 0 Å². The highest BCUT2D eigenvalue weighted by Gasteiger charge is 2.28. The number of nitrogens with zero attached hydrogens (tertiary/aromatic N) is 2. The van der Waals surface area contributed by atoms with Crippen molar-refractivity contribution < 1.29 is 14.7 Å². The average molecular weight is 477 g/mol. The van der Waals surface area contributed by atoms with E-state index in [1.165, 1.54) is 27.8 Å². The highest BCUT2D eigenvalue weighted by Crippen LogP contribution is 2.26. The summed E-state index contributed by atoms with van der Waals surface area (Å²) in [7, 11) is 0.